The minimum atomic E-state index is -0.710. The lowest BCUT2D eigenvalue weighted by atomic mass is 9.88. The SMILES string of the molecule is CN(CC(C)(C)C(=O)O)C1CCC1. The van der Waals surface area contributed by atoms with Crippen LogP contribution in [0.25, 0.3) is 0 Å². The van der Waals surface area contributed by atoms with Gasteiger partial charge in [-0.15, -0.1) is 0 Å². The first-order chi connectivity index (χ1) is 5.93. The van der Waals surface area contributed by atoms with Crippen LogP contribution in [0.1, 0.15) is 33.1 Å². The van der Waals surface area contributed by atoms with Crippen LogP contribution in [0.2, 0.25) is 0 Å². The Labute approximate surface area is 79.7 Å². The summed E-state index contributed by atoms with van der Waals surface area (Å²) < 4.78 is 0. The number of aliphatic carboxylic acids is 1. The fraction of sp³-hybridized carbons (Fsp3) is 0.900. The van der Waals surface area contributed by atoms with E-state index in [1.807, 2.05) is 7.05 Å². The highest BCUT2D eigenvalue weighted by atomic mass is 16.4. The Balaban J connectivity index is 2.41. The second kappa shape index (κ2) is 3.66. The van der Waals surface area contributed by atoms with Gasteiger partial charge in [-0.05, 0) is 33.7 Å². The molecule has 3 nitrogen and oxygen atoms in total. The second-order valence-electron chi connectivity index (χ2n) is 4.69. The van der Waals surface area contributed by atoms with Gasteiger partial charge in [0.2, 0.25) is 0 Å². The number of carboxylic acids is 1. The Morgan fingerprint density at radius 3 is 2.38 bits per heavy atom. The second-order valence-corrected chi connectivity index (χ2v) is 4.69. The number of carbonyl (C=O) groups is 1. The quantitative estimate of drug-likeness (QED) is 0.723. The lowest BCUT2D eigenvalue weighted by Crippen LogP contribution is -2.44. The van der Waals surface area contributed by atoms with Gasteiger partial charge < -0.3 is 10.0 Å². The van der Waals surface area contributed by atoms with Gasteiger partial charge in [0, 0.05) is 12.6 Å². The van der Waals surface area contributed by atoms with Crippen LogP contribution in [0.3, 0.4) is 0 Å². The highest BCUT2D eigenvalue weighted by Crippen LogP contribution is 2.26. The summed E-state index contributed by atoms with van der Waals surface area (Å²) in [5.41, 5.74) is -0.621. The van der Waals surface area contributed by atoms with Crippen molar-refractivity contribution in [2.75, 3.05) is 13.6 Å². The molecule has 0 spiro atoms. The molecule has 0 saturated heterocycles. The molecule has 0 heterocycles. The molecule has 0 radical (unpaired) electrons. The molecule has 1 aliphatic carbocycles. The van der Waals surface area contributed by atoms with Crippen LogP contribution in [-0.2, 0) is 4.79 Å². The first-order valence-corrected chi connectivity index (χ1v) is 4.87. The predicted octanol–water partition coefficient (Wildman–Crippen LogP) is 1.58. The van der Waals surface area contributed by atoms with E-state index in [1.54, 1.807) is 13.8 Å². The van der Waals surface area contributed by atoms with Crippen LogP contribution in [0.5, 0.6) is 0 Å². The Kier molecular flexibility index (Phi) is 2.96. The van der Waals surface area contributed by atoms with Crippen LogP contribution in [-0.4, -0.2) is 35.6 Å². The molecular formula is C10H19NO2. The third kappa shape index (κ3) is 2.44. The molecule has 76 valence electrons. The summed E-state index contributed by atoms with van der Waals surface area (Å²) in [6.07, 6.45) is 3.75. The summed E-state index contributed by atoms with van der Waals surface area (Å²) in [5.74, 6) is -0.710. The fourth-order valence-corrected chi connectivity index (χ4v) is 1.65. The lowest BCUT2D eigenvalue weighted by Gasteiger charge is -2.38. The van der Waals surface area contributed by atoms with E-state index in [9.17, 15) is 4.79 Å². The number of hydrogen-bond acceptors (Lipinski definition) is 2. The van der Waals surface area contributed by atoms with Crippen LogP contribution < -0.4 is 0 Å². The molecule has 0 aromatic carbocycles. The molecule has 1 aliphatic rings. The average Bonchev–Trinajstić information content (AvgIpc) is 1.80. The topological polar surface area (TPSA) is 40.5 Å². The van der Waals surface area contributed by atoms with Crippen LogP contribution in [0.15, 0.2) is 0 Å². The van der Waals surface area contributed by atoms with E-state index < -0.39 is 11.4 Å². The fourth-order valence-electron chi connectivity index (χ4n) is 1.65. The Bertz CT molecular complexity index is 197. The third-order valence-corrected chi connectivity index (χ3v) is 2.92. The van der Waals surface area contributed by atoms with Crippen LogP contribution in [0.4, 0.5) is 0 Å². The van der Waals surface area contributed by atoms with E-state index in [-0.39, 0.29) is 0 Å². The van der Waals surface area contributed by atoms with Gasteiger partial charge in [-0.1, -0.05) is 6.42 Å². The maximum Gasteiger partial charge on any atom is 0.310 e. The van der Waals surface area contributed by atoms with Gasteiger partial charge in [-0.25, -0.2) is 0 Å². The van der Waals surface area contributed by atoms with E-state index in [4.69, 9.17) is 5.11 Å². The molecule has 0 aromatic rings. The number of nitrogens with zero attached hydrogens (tertiary/aromatic N) is 1. The predicted molar refractivity (Wildman–Crippen MR) is 51.7 cm³/mol. The van der Waals surface area contributed by atoms with Crippen molar-refractivity contribution >= 4 is 5.97 Å². The largest absolute Gasteiger partial charge is 0.481 e. The zero-order chi connectivity index (χ0) is 10.1. The standard InChI is InChI=1S/C10H19NO2/c1-10(2,9(12)13)7-11(3)8-5-4-6-8/h8H,4-7H2,1-3H3,(H,12,13). The zero-order valence-electron chi connectivity index (χ0n) is 8.71. The average molecular weight is 185 g/mol. The molecule has 3 heteroatoms. The normalized spacial score (nSPS) is 18.8. The van der Waals surface area contributed by atoms with E-state index in [2.05, 4.69) is 4.90 Å². The van der Waals surface area contributed by atoms with E-state index >= 15 is 0 Å². The molecule has 1 fully saturated rings. The first-order valence-electron chi connectivity index (χ1n) is 4.87. The van der Waals surface area contributed by atoms with Crippen molar-refractivity contribution in [2.45, 2.75) is 39.2 Å². The van der Waals surface area contributed by atoms with Gasteiger partial charge in [0.15, 0.2) is 0 Å². The van der Waals surface area contributed by atoms with Crippen molar-refractivity contribution in [1.29, 1.82) is 0 Å². The zero-order valence-corrected chi connectivity index (χ0v) is 8.71. The van der Waals surface area contributed by atoms with Gasteiger partial charge in [0.1, 0.15) is 0 Å². The molecule has 1 rings (SSSR count). The summed E-state index contributed by atoms with van der Waals surface area (Å²) in [7, 11) is 2.02. The van der Waals surface area contributed by atoms with Crippen molar-refractivity contribution in [3.05, 3.63) is 0 Å². The Morgan fingerprint density at radius 1 is 1.54 bits per heavy atom. The third-order valence-electron chi connectivity index (χ3n) is 2.92. The minimum absolute atomic E-state index is 0.621. The van der Waals surface area contributed by atoms with Crippen molar-refractivity contribution in [3.8, 4) is 0 Å². The summed E-state index contributed by atoms with van der Waals surface area (Å²) in [5, 5.41) is 8.94. The van der Waals surface area contributed by atoms with E-state index in [1.165, 1.54) is 19.3 Å². The van der Waals surface area contributed by atoms with Gasteiger partial charge in [-0.2, -0.15) is 0 Å². The summed E-state index contributed by atoms with van der Waals surface area (Å²) in [6.45, 7) is 4.21. The molecule has 0 bridgehead atoms. The molecular weight excluding hydrogens is 166 g/mol. The molecule has 0 amide bonds. The molecule has 1 N–H and O–H groups in total. The highest BCUT2D eigenvalue weighted by Gasteiger charge is 2.32. The van der Waals surface area contributed by atoms with Crippen molar-refractivity contribution in [3.63, 3.8) is 0 Å². The summed E-state index contributed by atoms with van der Waals surface area (Å²) >= 11 is 0. The van der Waals surface area contributed by atoms with E-state index in [0.717, 1.165) is 0 Å². The maximum absolute atomic E-state index is 10.9. The smallest absolute Gasteiger partial charge is 0.310 e. The monoisotopic (exact) mass is 185 g/mol. The number of carboxylic acid groups (broad SMARTS) is 1. The highest BCUT2D eigenvalue weighted by molar-refractivity contribution is 5.73. The Morgan fingerprint density at radius 2 is 2.08 bits per heavy atom. The molecule has 13 heavy (non-hydrogen) atoms. The first kappa shape index (κ1) is 10.5. The van der Waals surface area contributed by atoms with Crippen molar-refractivity contribution in [2.24, 2.45) is 5.41 Å². The minimum Gasteiger partial charge on any atom is -0.481 e. The molecule has 0 aliphatic heterocycles. The molecule has 0 aromatic heterocycles. The lowest BCUT2D eigenvalue weighted by molar-refractivity contribution is -0.148. The van der Waals surface area contributed by atoms with Gasteiger partial charge in [-0.3, -0.25) is 4.79 Å². The van der Waals surface area contributed by atoms with Crippen LogP contribution in [0, 0.1) is 5.41 Å². The molecule has 0 atom stereocenters. The number of hydrogen-bond donors (Lipinski definition) is 1. The molecule has 0 unspecified atom stereocenters. The number of rotatable bonds is 4. The molecule has 1 saturated carbocycles. The van der Waals surface area contributed by atoms with Gasteiger partial charge >= 0.3 is 5.97 Å². The maximum atomic E-state index is 10.9. The van der Waals surface area contributed by atoms with Crippen molar-refractivity contribution in [1.82, 2.24) is 4.90 Å². The summed E-state index contributed by atoms with van der Waals surface area (Å²) in [6, 6.07) is 0.624. The summed E-state index contributed by atoms with van der Waals surface area (Å²) in [4.78, 5) is 13.0. The van der Waals surface area contributed by atoms with Crippen molar-refractivity contribution < 1.29 is 9.90 Å². The Hall–Kier alpha value is -0.570. The van der Waals surface area contributed by atoms with Gasteiger partial charge in [0.25, 0.3) is 0 Å². The van der Waals surface area contributed by atoms with E-state index in [0.29, 0.717) is 12.6 Å². The van der Waals surface area contributed by atoms with Gasteiger partial charge in [0.05, 0.1) is 5.41 Å². The van der Waals surface area contributed by atoms with Crippen LogP contribution >= 0.6 is 0 Å².